The second kappa shape index (κ2) is 4.84. The van der Waals surface area contributed by atoms with Crippen LogP contribution in [0.25, 0.3) is 10.9 Å². The van der Waals surface area contributed by atoms with Gasteiger partial charge in [-0.3, -0.25) is 4.79 Å². The Bertz CT molecular complexity index is 479. The van der Waals surface area contributed by atoms with E-state index in [0.29, 0.717) is 0 Å². The zero-order valence-electron chi connectivity index (χ0n) is 9.44. The number of nitrogens with zero attached hydrogens (tertiary/aromatic N) is 1. The fraction of sp³-hybridized carbons (Fsp3) is 0.308. The Morgan fingerprint density at radius 3 is 2.62 bits per heavy atom. The second-order valence-corrected chi connectivity index (χ2v) is 3.94. The molecule has 1 aromatic carbocycles. The lowest BCUT2D eigenvalue weighted by Gasteiger charge is -1.92. The summed E-state index contributed by atoms with van der Waals surface area (Å²) >= 11 is 0. The molecule has 0 spiro atoms. The Kier molecular flexibility index (Phi) is 3.25. The average Bonchev–Trinajstić information content (AvgIpc) is 2.91. The van der Waals surface area contributed by atoms with Gasteiger partial charge in [0, 0.05) is 31.7 Å². The summed E-state index contributed by atoms with van der Waals surface area (Å²) in [5, 5.41) is 3.99. The molecule has 1 amide bonds. The Hall–Kier alpha value is -1.77. The highest BCUT2D eigenvalue weighted by molar-refractivity contribution is 5.79. The van der Waals surface area contributed by atoms with Crippen LogP contribution in [0.1, 0.15) is 12.8 Å². The number of hydrogen-bond acceptors (Lipinski definition) is 1. The van der Waals surface area contributed by atoms with Gasteiger partial charge in [-0.05, 0) is 23.9 Å². The fourth-order valence-electron chi connectivity index (χ4n) is 1.79. The minimum absolute atomic E-state index is 0.204. The van der Waals surface area contributed by atoms with E-state index in [9.17, 15) is 4.79 Å². The number of carbonyl (C=O) groups is 1. The summed E-state index contributed by atoms with van der Waals surface area (Å²) < 4.78 is 2.12. The normalized spacial score (nSPS) is 14.4. The van der Waals surface area contributed by atoms with Crippen LogP contribution in [-0.4, -0.2) is 17.0 Å². The summed E-state index contributed by atoms with van der Waals surface area (Å²) in [6.45, 7) is 0.888. The SMILES string of the molecule is Cn1ccc2ccccc21.O=C1CCCN1. The van der Waals surface area contributed by atoms with E-state index in [1.54, 1.807) is 0 Å². The number of aromatic nitrogens is 1. The first-order valence-corrected chi connectivity index (χ1v) is 5.54. The lowest BCUT2D eigenvalue weighted by molar-refractivity contribution is -0.119. The van der Waals surface area contributed by atoms with E-state index < -0.39 is 0 Å². The van der Waals surface area contributed by atoms with E-state index in [1.165, 1.54) is 10.9 Å². The molecule has 1 saturated heterocycles. The standard InChI is InChI=1S/C9H9N.C4H7NO/c1-10-7-6-8-4-2-3-5-9(8)10;6-4-2-1-3-5-4/h2-7H,1H3;1-3H2,(H,5,6). The van der Waals surface area contributed by atoms with Crippen LogP contribution >= 0.6 is 0 Å². The third-order valence-electron chi connectivity index (χ3n) is 2.70. The number of amides is 1. The number of para-hydroxylation sites is 1. The van der Waals surface area contributed by atoms with Crippen LogP contribution in [0.4, 0.5) is 0 Å². The van der Waals surface area contributed by atoms with Crippen molar-refractivity contribution in [2.75, 3.05) is 6.54 Å². The van der Waals surface area contributed by atoms with Gasteiger partial charge in [0.15, 0.2) is 0 Å². The maximum Gasteiger partial charge on any atom is 0.220 e. The molecule has 3 nitrogen and oxygen atoms in total. The van der Waals surface area contributed by atoms with Gasteiger partial charge >= 0.3 is 0 Å². The van der Waals surface area contributed by atoms with E-state index in [1.807, 2.05) is 0 Å². The maximum atomic E-state index is 10.1. The predicted molar refractivity (Wildman–Crippen MR) is 65.2 cm³/mol. The minimum Gasteiger partial charge on any atom is -0.356 e. The molecular formula is C13H16N2O. The van der Waals surface area contributed by atoms with Crippen LogP contribution in [0.3, 0.4) is 0 Å². The van der Waals surface area contributed by atoms with Crippen molar-refractivity contribution in [3.63, 3.8) is 0 Å². The zero-order chi connectivity index (χ0) is 11.4. The topological polar surface area (TPSA) is 34.0 Å². The van der Waals surface area contributed by atoms with Crippen LogP contribution in [0.5, 0.6) is 0 Å². The molecular weight excluding hydrogens is 200 g/mol. The molecule has 0 unspecified atom stereocenters. The Balaban J connectivity index is 0.000000138. The molecule has 84 valence electrons. The third-order valence-corrected chi connectivity index (χ3v) is 2.70. The van der Waals surface area contributed by atoms with Gasteiger partial charge in [-0.2, -0.15) is 0 Å². The van der Waals surface area contributed by atoms with Gasteiger partial charge in [-0.25, -0.2) is 0 Å². The van der Waals surface area contributed by atoms with Crippen molar-refractivity contribution in [3.05, 3.63) is 36.5 Å². The predicted octanol–water partition coefficient (Wildman–Crippen LogP) is 2.07. The molecule has 1 fully saturated rings. The first-order valence-electron chi connectivity index (χ1n) is 5.54. The van der Waals surface area contributed by atoms with Gasteiger partial charge in [0.2, 0.25) is 5.91 Å². The third kappa shape index (κ3) is 2.42. The summed E-state index contributed by atoms with van der Waals surface area (Å²) in [5.41, 5.74) is 1.29. The lowest BCUT2D eigenvalue weighted by Crippen LogP contribution is -2.12. The number of benzene rings is 1. The molecule has 0 saturated carbocycles. The molecule has 0 atom stereocenters. The molecule has 0 radical (unpaired) electrons. The first-order chi connectivity index (χ1) is 7.77. The quantitative estimate of drug-likeness (QED) is 0.718. The van der Waals surface area contributed by atoms with E-state index in [2.05, 4.69) is 53.5 Å². The van der Waals surface area contributed by atoms with Gasteiger partial charge in [-0.15, -0.1) is 0 Å². The van der Waals surface area contributed by atoms with Crippen LogP contribution in [0.2, 0.25) is 0 Å². The highest BCUT2D eigenvalue weighted by Crippen LogP contribution is 2.12. The number of aryl methyl sites for hydroxylation is 1. The van der Waals surface area contributed by atoms with Crippen LogP contribution in [-0.2, 0) is 11.8 Å². The van der Waals surface area contributed by atoms with E-state index >= 15 is 0 Å². The second-order valence-electron chi connectivity index (χ2n) is 3.94. The van der Waals surface area contributed by atoms with Crippen molar-refractivity contribution in [3.8, 4) is 0 Å². The molecule has 3 rings (SSSR count). The fourth-order valence-corrected chi connectivity index (χ4v) is 1.79. The van der Waals surface area contributed by atoms with Crippen molar-refractivity contribution in [2.24, 2.45) is 7.05 Å². The highest BCUT2D eigenvalue weighted by atomic mass is 16.1. The van der Waals surface area contributed by atoms with Gasteiger partial charge < -0.3 is 9.88 Å². The molecule has 1 aliphatic heterocycles. The molecule has 2 aromatic rings. The van der Waals surface area contributed by atoms with Crippen molar-refractivity contribution >= 4 is 16.8 Å². The molecule has 1 aliphatic rings. The smallest absolute Gasteiger partial charge is 0.220 e. The zero-order valence-corrected chi connectivity index (χ0v) is 9.44. The summed E-state index contributed by atoms with van der Waals surface area (Å²) in [7, 11) is 2.06. The summed E-state index contributed by atoms with van der Waals surface area (Å²) in [6, 6.07) is 10.5. The van der Waals surface area contributed by atoms with E-state index in [4.69, 9.17) is 0 Å². The number of rotatable bonds is 0. The van der Waals surface area contributed by atoms with Crippen molar-refractivity contribution in [2.45, 2.75) is 12.8 Å². The van der Waals surface area contributed by atoms with Crippen molar-refractivity contribution < 1.29 is 4.79 Å². The Labute approximate surface area is 95.1 Å². The highest BCUT2D eigenvalue weighted by Gasteiger charge is 2.05. The summed E-state index contributed by atoms with van der Waals surface area (Å²) in [5.74, 6) is 0.204. The van der Waals surface area contributed by atoms with Gasteiger partial charge in [0.25, 0.3) is 0 Å². The monoisotopic (exact) mass is 216 g/mol. The molecule has 2 heterocycles. The Morgan fingerprint density at radius 2 is 2.06 bits per heavy atom. The van der Waals surface area contributed by atoms with Gasteiger partial charge in [-0.1, -0.05) is 18.2 Å². The number of fused-ring (bicyclic) bond motifs is 1. The molecule has 1 aromatic heterocycles. The summed E-state index contributed by atoms with van der Waals surface area (Å²) in [6.07, 6.45) is 3.84. The molecule has 1 N–H and O–H groups in total. The average molecular weight is 216 g/mol. The molecule has 0 aliphatic carbocycles. The maximum absolute atomic E-state index is 10.1. The largest absolute Gasteiger partial charge is 0.356 e. The van der Waals surface area contributed by atoms with Gasteiger partial charge in [0.1, 0.15) is 0 Å². The molecule has 0 bridgehead atoms. The number of nitrogens with one attached hydrogen (secondary N) is 1. The van der Waals surface area contributed by atoms with Crippen LogP contribution < -0.4 is 5.32 Å². The van der Waals surface area contributed by atoms with Crippen LogP contribution in [0, 0.1) is 0 Å². The summed E-state index contributed by atoms with van der Waals surface area (Å²) in [4.78, 5) is 10.1. The van der Waals surface area contributed by atoms with Crippen molar-refractivity contribution in [1.82, 2.24) is 9.88 Å². The number of hydrogen-bond donors (Lipinski definition) is 1. The first kappa shape index (κ1) is 10.7. The lowest BCUT2D eigenvalue weighted by atomic mass is 10.2. The molecule has 3 heteroatoms. The molecule has 16 heavy (non-hydrogen) atoms. The van der Waals surface area contributed by atoms with E-state index in [0.717, 1.165) is 19.4 Å². The minimum atomic E-state index is 0.204. The van der Waals surface area contributed by atoms with Gasteiger partial charge in [0.05, 0.1) is 0 Å². The van der Waals surface area contributed by atoms with E-state index in [-0.39, 0.29) is 5.91 Å². The Morgan fingerprint density at radius 1 is 1.25 bits per heavy atom. The number of carbonyl (C=O) groups excluding carboxylic acids is 1. The van der Waals surface area contributed by atoms with Crippen molar-refractivity contribution in [1.29, 1.82) is 0 Å². The van der Waals surface area contributed by atoms with Crippen LogP contribution in [0.15, 0.2) is 36.5 Å².